The maximum Gasteiger partial charge on any atom is 0.309 e. The van der Waals surface area contributed by atoms with Crippen molar-refractivity contribution in [1.29, 1.82) is 0 Å². The van der Waals surface area contributed by atoms with E-state index >= 15 is 0 Å². The van der Waals surface area contributed by atoms with Crippen LogP contribution in [0.5, 0.6) is 0 Å². The van der Waals surface area contributed by atoms with Gasteiger partial charge >= 0.3 is 5.97 Å². The molecule has 1 aliphatic heterocycles. The van der Waals surface area contributed by atoms with Gasteiger partial charge in [-0.1, -0.05) is 13.3 Å². The van der Waals surface area contributed by atoms with Gasteiger partial charge in [-0.15, -0.1) is 0 Å². The molecule has 0 aromatic heterocycles. The van der Waals surface area contributed by atoms with Crippen LogP contribution in [0, 0.1) is 5.92 Å². The third kappa shape index (κ3) is 7.99. The molecule has 0 aromatic carbocycles. The predicted octanol–water partition coefficient (Wildman–Crippen LogP) is 2.43. The zero-order valence-electron chi connectivity index (χ0n) is 15.7. The Balaban J connectivity index is 2.34. The molecule has 140 valence electrons. The van der Waals surface area contributed by atoms with Crippen molar-refractivity contribution in [2.24, 2.45) is 10.9 Å². The molecular weight excluding hydrogens is 306 g/mol. The lowest BCUT2D eigenvalue weighted by Gasteiger charge is -2.33. The number of piperidine rings is 1. The number of likely N-dealkylation sites (tertiary alicyclic amines) is 1. The minimum atomic E-state index is -0.0525. The summed E-state index contributed by atoms with van der Waals surface area (Å²) in [7, 11) is 0. The first-order valence-electron chi connectivity index (χ1n) is 9.50. The van der Waals surface area contributed by atoms with Crippen LogP contribution in [-0.2, 0) is 14.3 Å². The SMILES string of the molecule is CCCCOCCCN=C(NCC)N1CCC(C(=O)OCC)CC1. The molecule has 0 unspecified atom stereocenters. The van der Waals surface area contributed by atoms with E-state index in [-0.39, 0.29) is 11.9 Å². The van der Waals surface area contributed by atoms with E-state index < -0.39 is 0 Å². The molecule has 1 saturated heterocycles. The number of aliphatic imine (C=N–C) groups is 1. The smallest absolute Gasteiger partial charge is 0.309 e. The predicted molar refractivity (Wildman–Crippen MR) is 97.3 cm³/mol. The minimum Gasteiger partial charge on any atom is -0.466 e. The number of nitrogens with one attached hydrogen (secondary N) is 1. The highest BCUT2D eigenvalue weighted by molar-refractivity contribution is 5.80. The quantitative estimate of drug-likeness (QED) is 0.286. The molecule has 0 spiro atoms. The zero-order valence-corrected chi connectivity index (χ0v) is 15.7. The normalized spacial score (nSPS) is 16.3. The average molecular weight is 341 g/mol. The van der Waals surface area contributed by atoms with Gasteiger partial charge in [0, 0.05) is 39.4 Å². The average Bonchev–Trinajstić information content (AvgIpc) is 2.60. The van der Waals surface area contributed by atoms with Gasteiger partial charge in [-0.2, -0.15) is 0 Å². The molecule has 0 radical (unpaired) electrons. The van der Waals surface area contributed by atoms with Crippen molar-refractivity contribution < 1.29 is 14.3 Å². The molecule has 1 N–H and O–H groups in total. The van der Waals surface area contributed by atoms with Crippen LogP contribution in [0.25, 0.3) is 0 Å². The van der Waals surface area contributed by atoms with Crippen molar-refractivity contribution >= 4 is 11.9 Å². The topological polar surface area (TPSA) is 63.2 Å². The summed E-state index contributed by atoms with van der Waals surface area (Å²) in [4.78, 5) is 18.8. The van der Waals surface area contributed by atoms with E-state index in [1.54, 1.807) is 0 Å². The maximum absolute atomic E-state index is 11.8. The Morgan fingerprint density at radius 2 is 1.88 bits per heavy atom. The third-order valence-electron chi connectivity index (χ3n) is 4.10. The molecule has 0 aromatic rings. The van der Waals surface area contributed by atoms with Crippen LogP contribution in [0.2, 0.25) is 0 Å². The molecule has 0 saturated carbocycles. The van der Waals surface area contributed by atoms with Crippen LogP contribution in [-0.4, -0.2) is 62.8 Å². The second-order valence-corrected chi connectivity index (χ2v) is 6.07. The third-order valence-corrected chi connectivity index (χ3v) is 4.10. The van der Waals surface area contributed by atoms with Crippen molar-refractivity contribution in [1.82, 2.24) is 10.2 Å². The Bertz CT molecular complexity index is 367. The van der Waals surface area contributed by atoms with Crippen molar-refractivity contribution in [2.75, 3.05) is 46.0 Å². The summed E-state index contributed by atoms with van der Waals surface area (Å²) in [6.07, 6.45) is 4.91. The number of hydrogen-bond acceptors (Lipinski definition) is 4. The summed E-state index contributed by atoms with van der Waals surface area (Å²) in [6.45, 7) is 11.5. The van der Waals surface area contributed by atoms with Gasteiger partial charge in [0.05, 0.1) is 12.5 Å². The summed E-state index contributed by atoms with van der Waals surface area (Å²) in [6, 6.07) is 0. The van der Waals surface area contributed by atoms with Crippen LogP contribution in [0.4, 0.5) is 0 Å². The molecule has 1 rings (SSSR count). The molecule has 1 heterocycles. The highest BCUT2D eigenvalue weighted by Crippen LogP contribution is 2.18. The molecule has 0 atom stereocenters. The van der Waals surface area contributed by atoms with Crippen LogP contribution in [0.15, 0.2) is 4.99 Å². The van der Waals surface area contributed by atoms with Crippen molar-refractivity contribution in [3.63, 3.8) is 0 Å². The number of hydrogen-bond donors (Lipinski definition) is 1. The Hall–Kier alpha value is -1.30. The van der Waals surface area contributed by atoms with Crippen LogP contribution >= 0.6 is 0 Å². The van der Waals surface area contributed by atoms with Gasteiger partial charge in [0.25, 0.3) is 0 Å². The Morgan fingerprint density at radius 3 is 2.50 bits per heavy atom. The number of ether oxygens (including phenoxy) is 2. The molecular formula is C18H35N3O3. The largest absolute Gasteiger partial charge is 0.466 e. The van der Waals surface area contributed by atoms with Gasteiger partial charge in [-0.3, -0.25) is 9.79 Å². The number of carbonyl (C=O) groups is 1. The molecule has 24 heavy (non-hydrogen) atoms. The Kier molecular flexibility index (Phi) is 11.3. The monoisotopic (exact) mass is 341 g/mol. The van der Waals surface area contributed by atoms with E-state index in [1.165, 1.54) is 6.42 Å². The lowest BCUT2D eigenvalue weighted by molar-refractivity contribution is -0.149. The summed E-state index contributed by atoms with van der Waals surface area (Å²) >= 11 is 0. The number of esters is 1. The lowest BCUT2D eigenvalue weighted by atomic mass is 9.97. The fourth-order valence-electron chi connectivity index (χ4n) is 2.71. The van der Waals surface area contributed by atoms with Gasteiger partial charge in [0.2, 0.25) is 0 Å². The van der Waals surface area contributed by atoms with Crippen LogP contribution in [0.3, 0.4) is 0 Å². The van der Waals surface area contributed by atoms with E-state index in [0.29, 0.717) is 6.61 Å². The number of guanidine groups is 1. The Labute approximate surface area is 147 Å². The number of nitrogens with zero attached hydrogens (tertiary/aromatic N) is 2. The number of rotatable bonds is 10. The molecule has 6 heteroatoms. The first-order chi connectivity index (χ1) is 11.7. The summed E-state index contributed by atoms with van der Waals surface area (Å²) < 4.78 is 10.7. The van der Waals surface area contributed by atoms with Crippen LogP contribution in [0.1, 0.15) is 52.9 Å². The van der Waals surface area contributed by atoms with E-state index in [4.69, 9.17) is 14.5 Å². The first kappa shape index (κ1) is 20.7. The number of carbonyl (C=O) groups excluding carboxylic acids is 1. The summed E-state index contributed by atoms with van der Waals surface area (Å²) in [5.41, 5.74) is 0. The van der Waals surface area contributed by atoms with Gasteiger partial charge in [0.1, 0.15) is 0 Å². The summed E-state index contributed by atoms with van der Waals surface area (Å²) in [5, 5.41) is 3.35. The van der Waals surface area contributed by atoms with E-state index in [0.717, 1.165) is 71.0 Å². The van der Waals surface area contributed by atoms with Gasteiger partial charge < -0.3 is 19.7 Å². The van der Waals surface area contributed by atoms with E-state index in [1.807, 2.05) is 6.92 Å². The van der Waals surface area contributed by atoms with Gasteiger partial charge in [0.15, 0.2) is 5.96 Å². The highest BCUT2D eigenvalue weighted by atomic mass is 16.5. The Morgan fingerprint density at radius 1 is 1.17 bits per heavy atom. The minimum absolute atomic E-state index is 0.0380. The van der Waals surface area contributed by atoms with E-state index in [2.05, 4.69) is 24.1 Å². The van der Waals surface area contributed by atoms with Crippen molar-refractivity contribution in [2.45, 2.75) is 52.9 Å². The molecule has 0 aliphatic carbocycles. The second-order valence-electron chi connectivity index (χ2n) is 6.07. The van der Waals surface area contributed by atoms with E-state index in [9.17, 15) is 4.79 Å². The van der Waals surface area contributed by atoms with Crippen LogP contribution < -0.4 is 5.32 Å². The lowest BCUT2D eigenvalue weighted by Crippen LogP contribution is -2.46. The van der Waals surface area contributed by atoms with Crippen molar-refractivity contribution in [3.8, 4) is 0 Å². The fourth-order valence-corrected chi connectivity index (χ4v) is 2.71. The van der Waals surface area contributed by atoms with Gasteiger partial charge in [-0.05, 0) is 39.5 Å². The molecule has 1 aliphatic rings. The summed E-state index contributed by atoms with van der Waals surface area (Å²) in [5.74, 6) is 0.938. The zero-order chi connectivity index (χ0) is 17.6. The fraction of sp³-hybridized carbons (Fsp3) is 0.889. The first-order valence-corrected chi connectivity index (χ1v) is 9.50. The molecule has 0 bridgehead atoms. The highest BCUT2D eigenvalue weighted by Gasteiger charge is 2.27. The molecule has 0 amide bonds. The van der Waals surface area contributed by atoms with Gasteiger partial charge in [-0.25, -0.2) is 0 Å². The molecule has 1 fully saturated rings. The molecule has 6 nitrogen and oxygen atoms in total. The number of unbranched alkanes of at least 4 members (excludes halogenated alkanes) is 1. The second kappa shape index (κ2) is 13.0. The standard InChI is InChI=1S/C18H35N3O3/c1-4-7-14-23-15-8-11-20-18(19-5-2)21-12-9-16(10-13-21)17(22)24-6-3/h16H,4-15H2,1-3H3,(H,19,20). The maximum atomic E-state index is 11.8. The van der Waals surface area contributed by atoms with Crippen molar-refractivity contribution in [3.05, 3.63) is 0 Å².